The number of carbonyl (C=O) groups is 2. The number of ketones is 1. The Morgan fingerprint density at radius 1 is 1.38 bits per heavy atom. The van der Waals surface area contributed by atoms with Gasteiger partial charge in [-0.15, -0.1) is 0 Å². The number of rotatable bonds is 2. The second kappa shape index (κ2) is 3.84. The predicted molar refractivity (Wildman–Crippen MR) is 55.6 cm³/mol. The average molecular weight is 221 g/mol. The number of nitrogens with two attached hydrogens (primary N) is 1. The zero-order valence-electron chi connectivity index (χ0n) is 8.73. The van der Waals surface area contributed by atoms with Crippen LogP contribution < -0.4 is 15.2 Å². The summed E-state index contributed by atoms with van der Waals surface area (Å²) in [6.07, 6.45) is -0.797. The van der Waals surface area contributed by atoms with Crippen LogP contribution in [0.5, 0.6) is 11.5 Å². The molecule has 0 radical (unpaired) electrons. The lowest BCUT2D eigenvalue weighted by Gasteiger charge is -2.24. The third kappa shape index (κ3) is 1.84. The van der Waals surface area contributed by atoms with Crippen molar-refractivity contribution in [1.29, 1.82) is 0 Å². The molecule has 0 spiro atoms. The van der Waals surface area contributed by atoms with E-state index in [0.29, 0.717) is 17.1 Å². The van der Waals surface area contributed by atoms with Crippen LogP contribution in [0, 0.1) is 0 Å². The maximum absolute atomic E-state index is 11.2. The quantitative estimate of drug-likeness (QED) is 0.738. The van der Waals surface area contributed by atoms with Crippen LogP contribution in [0.1, 0.15) is 17.3 Å². The SMILES string of the molecule is CC(=O)c1ccc2c(c1)OC(C(N)=O)CO2. The van der Waals surface area contributed by atoms with Gasteiger partial charge in [-0.2, -0.15) is 0 Å². The van der Waals surface area contributed by atoms with E-state index in [4.69, 9.17) is 15.2 Å². The van der Waals surface area contributed by atoms with E-state index >= 15 is 0 Å². The Bertz CT molecular complexity index is 455. The van der Waals surface area contributed by atoms with Crippen LogP contribution in [0.3, 0.4) is 0 Å². The minimum atomic E-state index is -0.797. The molecule has 1 atom stereocenters. The van der Waals surface area contributed by atoms with Gasteiger partial charge in [-0.25, -0.2) is 0 Å². The van der Waals surface area contributed by atoms with E-state index in [1.54, 1.807) is 18.2 Å². The molecule has 5 heteroatoms. The van der Waals surface area contributed by atoms with E-state index in [1.165, 1.54) is 6.92 Å². The summed E-state index contributed by atoms with van der Waals surface area (Å²) in [5, 5.41) is 0. The first-order chi connectivity index (χ1) is 7.58. The Balaban J connectivity index is 2.32. The normalized spacial score (nSPS) is 17.9. The molecule has 1 amide bonds. The van der Waals surface area contributed by atoms with Crippen molar-refractivity contribution in [2.24, 2.45) is 5.73 Å². The lowest BCUT2D eigenvalue weighted by atomic mass is 10.1. The number of Topliss-reactive ketones (excluding diaryl/α,β-unsaturated/α-hetero) is 1. The van der Waals surface area contributed by atoms with Gasteiger partial charge in [-0.3, -0.25) is 9.59 Å². The van der Waals surface area contributed by atoms with E-state index in [9.17, 15) is 9.59 Å². The van der Waals surface area contributed by atoms with E-state index in [2.05, 4.69) is 0 Å². The van der Waals surface area contributed by atoms with E-state index in [0.717, 1.165) is 0 Å². The fraction of sp³-hybridized carbons (Fsp3) is 0.273. The Kier molecular flexibility index (Phi) is 2.52. The molecule has 0 aliphatic carbocycles. The van der Waals surface area contributed by atoms with Crippen molar-refractivity contribution in [2.45, 2.75) is 13.0 Å². The van der Waals surface area contributed by atoms with Gasteiger partial charge in [0.2, 0.25) is 6.10 Å². The largest absolute Gasteiger partial charge is 0.485 e. The molecule has 84 valence electrons. The highest BCUT2D eigenvalue weighted by Gasteiger charge is 2.25. The van der Waals surface area contributed by atoms with Crippen molar-refractivity contribution in [1.82, 2.24) is 0 Å². The van der Waals surface area contributed by atoms with Gasteiger partial charge in [-0.1, -0.05) is 0 Å². The maximum Gasteiger partial charge on any atom is 0.262 e. The summed E-state index contributed by atoms with van der Waals surface area (Å²) in [6, 6.07) is 4.84. The van der Waals surface area contributed by atoms with Gasteiger partial charge in [0.1, 0.15) is 6.61 Å². The number of primary amides is 1. The first-order valence-corrected chi connectivity index (χ1v) is 4.81. The van der Waals surface area contributed by atoms with E-state index < -0.39 is 12.0 Å². The van der Waals surface area contributed by atoms with Gasteiger partial charge in [-0.05, 0) is 25.1 Å². The molecular weight excluding hydrogens is 210 g/mol. The number of amides is 1. The van der Waals surface area contributed by atoms with Gasteiger partial charge in [0, 0.05) is 5.56 Å². The molecule has 1 aliphatic heterocycles. The van der Waals surface area contributed by atoms with Crippen LogP contribution in [0.15, 0.2) is 18.2 Å². The van der Waals surface area contributed by atoms with Crippen LogP contribution in [0.25, 0.3) is 0 Å². The van der Waals surface area contributed by atoms with Crippen molar-refractivity contribution in [2.75, 3.05) is 6.61 Å². The molecule has 1 aromatic carbocycles. The number of hydrogen-bond donors (Lipinski definition) is 1. The Morgan fingerprint density at radius 3 is 2.75 bits per heavy atom. The standard InChI is InChI=1S/C11H11NO4/c1-6(13)7-2-3-8-9(4-7)16-10(5-15-8)11(12)14/h2-4,10H,5H2,1H3,(H2,12,14). The van der Waals surface area contributed by atoms with Crippen LogP contribution >= 0.6 is 0 Å². The fourth-order valence-electron chi connectivity index (χ4n) is 1.43. The lowest BCUT2D eigenvalue weighted by molar-refractivity contribution is -0.127. The number of fused-ring (bicyclic) bond motifs is 1. The summed E-state index contributed by atoms with van der Waals surface area (Å²) in [5.41, 5.74) is 5.62. The molecule has 5 nitrogen and oxygen atoms in total. The summed E-state index contributed by atoms with van der Waals surface area (Å²) in [5.74, 6) is 0.233. The topological polar surface area (TPSA) is 78.6 Å². The summed E-state index contributed by atoms with van der Waals surface area (Å²) in [4.78, 5) is 22.1. The second-order valence-corrected chi connectivity index (χ2v) is 3.54. The van der Waals surface area contributed by atoms with Gasteiger partial charge < -0.3 is 15.2 Å². The molecule has 2 N–H and O–H groups in total. The Labute approximate surface area is 92.1 Å². The van der Waals surface area contributed by atoms with Gasteiger partial charge in [0.25, 0.3) is 5.91 Å². The van der Waals surface area contributed by atoms with E-state index in [1.807, 2.05) is 0 Å². The second-order valence-electron chi connectivity index (χ2n) is 3.54. The highest BCUT2D eigenvalue weighted by molar-refractivity contribution is 5.94. The van der Waals surface area contributed by atoms with Crippen LogP contribution in [-0.4, -0.2) is 24.4 Å². The number of benzene rings is 1. The molecule has 0 fully saturated rings. The molecule has 2 rings (SSSR count). The summed E-state index contributed by atoms with van der Waals surface area (Å²) in [7, 11) is 0. The zero-order chi connectivity index (χ0) is 11.7. The first kappa shape index (κ1) is 10.5. The number of ether oxygens (including phenoxy) is 2. The monoisotopic (exact) mass is 221 g/mol. The van der Waals surface area contributed by atoms with Crippen molar-refractivity contribution >= 4 is 11.7 Å². The summed E-state index contributed by atoms with van der Waals surface area (Å²) >= 11 is 0. The van der Waals surface area contributed by atoms with Gasteiger partial charge in [0.15, 0.2) is 17.3 Å². The minimum Gasteiger partial charge on any atom is -0.485 e. The van der Waals surface area contributed by atoms with Crippen molar-refractivity contribution in [3.63, 3.8) is 0 Å². The first-order valence-electron chi connectivity index (χ1n) is 4.81. The molecule has 16 heavy (non-hydrogen) atoms. The molecule has 0 aromatic heterocycles. The van der Waals surface area contributed by atoms with Gasteiger partial charge >= 0.3 is 0 Å². The number of carbonyl (C=O) groups excluding carboxylic acids is 2. The maximum atomic E-state index is 11.2. The molecule has 0 bridgehead atoms. The molecule has 1 heterocycles. The Hall–Kier alpha value is -2.04. The predicted octanol–water partition coefficient (Wildman–Crippen LogP) is 0.514. The molecule has 1 unspecified atom stereocenters. The molecule has 1 aromatic rings. The average Bonchev–Trinajstić information content (AvgIpc) is 2.27. The third-order valence-corrected chi connectivity index (χ3v) is 2.33. The summed E-state index contributed by atoms with van der Waals surface area (Å²) in [6.45, 7) is 1.55. The molecule has 0 saturated carbocycles. The zero-order valence-corrected chi connectivity index (χ0v) is 8.73. The highest BCUT2D eigenvalue weighted by atomic mass is 16.6. The Morgan fingerprint density at radius 2 is 2.12 bits per heavy atom. The molecular formula is C11H11NO4. The minimum absolute atomic E-state index is 0.0763. The highest BCUT2D eigenvalue weighted by Crippen LogP contribution is 2.32. The van der Waals surface area contributed by atoms with Crippen molar-refractivity contribution < 1.29 is 19.1 Å². The fourth-order valence-corrected chi connectivity index (χ4v) is 1.43. The molecule has 0 saturated heterocycles. The summed E-state index contributed by atoms with van der Waals surface area (Å²) < 4.78 is 10.6. The van der Waals surface area contributed by atoms with Crippen molar-refractivity contribution in [3.05, 3.63) is 23.8 Å². The van der Waals surface area contributed by atoms with Crippen LogP contribution in [-0.2, 0) is 4.79 Å². The van der Waals surface area contributed by atoms with Crippen LogP contribution in [0.2, 0.25) is 0 Å². The van der Waals surface area contributed by atoms with E-state index in [-0.39, 0.29) is 12.4 Å². The molecule has 1 aliphatic rings. The lowest BCUT2D eigenvalue weighted by Crippen LogP contribution is -2.40. The number of hydrogen-bond acceptors (Lipinski definition) is 4. The van der Waals surface area contributed by atoms with Gasteiger partial charge in [0.05, 0.1) is 0 Å². The van der Waals surface area contributed by atoms with Crippen LogP contribution in [0.4, 0.5) is 0 Å². The third-order valence-electron chi connectivity index (χ3n) is 2.33. The smallest absolute Gasteiger partial charge is 0.262 e. The van der Waals surface area contributed by atoms with Crippen molar-refractivity contribution in [3.8, 4) is 11.5 Å².